The lowest BCUT2D eigenvalue weighted by atomic mass is 10.1. The number of amides is 1. The van der Waals surface area contributed by atoms with E-state index in [4.69, 9.17) is 9.88 Å². The van der Waals surface area contributed by atoms with Crippen molar-refractivity contribution >= 4 is 15.9 Å². The molecule has 7 nitrogen and oxygen atoms in total. The fourth-order valence-electron chi connectivity index (χ4n) is 2.83. The van der Waals surface area contributed by atoms with Gasteiger partial charge in [0, 0.05) is 5.56 Å². The number of hydrogen-bond acceptors (Lipinski definition) is 4. The maximum absolute atomic E-state index is 13.8. The summed E-state index contributed by atoms with van der Waals surface area (Å²) in [5, 5.41) is 7.94. The minimum atomic E-state index is -3.75. The van der Waals surface area contributed by atoms with E-state index in [0.717, 1.165) is 16.0 Å². The zero-order valence-corrected chi connectivity index (χ0v) is 16.8. The predicted octanol–water partition coefficient (Wildman–Crippen LogP) is 0.374. The van der Waals surface area contributed by atoms with Gasteiger partial charge >= 0.3 is 0 Å². The second kappa shape index (κ2) is 9.13. The lowest BCUT2D eigenvalue weighted by Crippen LogP contribution is -3.08. The molecule has 0 aliphatic carbocycles. The summed E-state index contributed by atoms with van der Waals surface area (Å²) in [6, 6.07) is 10.5. The van der Waals surface area contributed by atoms with Crippen molar-refractivity contribution in [1.29, 1.82) is 0 Å². The Morgan fingerprint density at radius 1 is 1.25 bits per heavy atom. The summed E-state index contributed by atoms with van der Waals surface area (Å²) in [6.45, 7) is 2.48. The van der Waals surface area contributed by atoms with E-state index < -0.39 is 15.8 Å². The number of carbonyl (C=O) groups excluding carboxylic acids is 1. The number of carbonyl (C=O) groups is 1. The molecule has 2 rings (SSSR count). The molecule has 2 atom stereocenters. The third-order valence-corrected chi connectivity index (χ3v) is 5.20. The molecule has 0 saturated carbocycles. The monoisotopic (exact) mass is 410 g/mol. The van der Waals surface area contributed by atoms with Crippen molar-refractivity contribution in [2.75, 3.05) is 20.7 Å². The van der Waals surface area contributed by atoms with Crippen LogP contribution < -0.4 is 20.1 Å². The van der Waals surface area contributed by atoms with E-state index in [-0.39, 0.29) is 29.1 Å². The van der Waals surface area contributed by atoms with Gasteiger partial charge in [-0.25, -0.2) is 17.9 Å². The average molecular weight is 410 g/mol. The molecular weight excluding hydrogens is 385 g/mol. The largest absolute Gasteiger partial charge is 0.494 e. The molecule has 0 radical (unpaired) electrons. The van der Waals surface area contributed by atoms with Crippen molar-refractivity contribution < 1.29 is 27.2 Å². The standard InChI is InChI=1S/C19H24FN3O4S/c1-13(15-5-7-16(8-6-15)28(21,25)26)22-19(24)12-23(2)11-14-4-9-18(27-3)17(20)10-14/h4-10,13H,11-12H2,1-3H3,(H,22,24)(H2,21,25,26)/p+1/t13-/m1/s1. The SMILES string of the molecule is COc1ccc(C[NH+](C)CC(=O)N[C@H](C)c2ccc(S(N)(=O)=O)cc2)cc1F. The number of benzene rings is 2. The molecule has 2 aromatic rings. The Labute approximate surface area is 164 Å². The van der Waals surface area contributed by atoms with Crippen molar-refractivity contribution in [2.45, 2.75) is 24.4 Å². The highest BCUT2D eigenvalue weighted by Crippen LogP contribution is 2.17. The minimum Gasteiger partial charge on any atom is -0.494 e. The molecule has 0 aliphatic rings. The van der Waals surface area contributed by atoms with E-state index in [1.54, 1.807) is 31.2 Å². The number of likely N-dealkylation sites (N-methyl/N-ethyl adjacent to an activating group) is 1. The Bertz CT molecular complexity index is 933. The van der Waals surface area contributed by atoms with Gasteiger partial charge in [0.05, 0.1) is 25.1 Å². The zero-order valence-electron chi connectivity index (χ0n) is 16.0. The van der Waals surface area contributed by atoms with Gasteiger partial charge in [0.1, 0.15) is 6.54 Å². The Morgan fingerprint density at radius 2 is 1.89 bits per heavy atom. The van der Waals surface area contributed by atoms with E-state index >= 15 is 0 Å². The molecule has 2 aromatic carbocycles. The van der Waals surface area contributed by atoms with Crippen LogP contribution in [0.1, 0.15) is 24.1 Å². The third kappa shape index (κ3) is 6.01. The number of ether oxygens (including phenoxy) is 1. The average Bonchev–Trinajstić information content (AvgIpc) is 2.61. The molecule has 1 unspecified atom stereocenters. The highest BCUT2D eigenvalue weighted by atomic mass is 32.2. The van der Waals surface area contributed by atoms with Gasteiger partial charge in [0.25, 0.3) is 5.91 Å². The molecule has 9 heteroatoms. The second-order valence-corrected chi connectivity index (χ2v) is 8.24. The first kappa shape index (κ1) is 21.8. The number of methoxy groups -OCH3 is 1. The van der Waals surface area contributed by atoms with Crippen LogP contribution >= 0.6 is 0 Å². The molecular formula is C19H25FN3O4S+. The number of quaternary nitrogens is 1. The minimum absolute atomic E-state index is 0.0191. The summed E-state index contributed by atoms with van der Waals surface area (Å²) in [5.41, 5.74) is 1.52. The highest BCUT2D eigenvalue weighted by Gasteiger charge is 2.16. The fourth-order valence-corrected chi connectivity index (χ4v) is 3.34. The summed E-state index contributed by atoms with van der Waals surface area (Å²) in [7, 11) is -0.500. The number of primary sulfonamides is 1. The van der Waals surface area contributed by atoms with Gasteiger partial charge in [0.2, 0.25) is 10.0 Å². The van der Waals surface area contributed by atoms with E-state index in [0.29, 0.717) is 6.54 Å². The van der Waals surface area contributed by atoms with Gasteiger partial charge < -0.3 is 15.0 Å². The van der Waals surface area contributed by atoms with Crippen molar-refractivity contribution in [3.63, 3.8) is 0 Å². The van der Waals surface area contributed by atoms with Crippen LogP contribution in [0.2, 0.25) is 0 Å². The quantitative estimate of drug-likeness (QED) is 0.585. The van der Waals surface area contributed by atoms with Crippen LogP contribution in [0.15, 0.2) is 47.4 Å². The van der Waals surface area contributed by atoms with Crippen molar-refractivity contribution in [1.82, 2.24) is 5.32 Å². The fraction of sp³-hybridized carbons (Fsp3) is 0.316. The third-order valence-electron chi connectivity index (χ3n) is 4.27. The van der Waals surface area contributed by atoms with Gasteiger partial charge in [-0.2, -0.15) is 0 Å². The summed E-state index contributed by atoms with van der Waals surface area (Å²) in [5.74, 6) is -0.426. The van der Waals surface area contributed by atoms with E-state index in [1.807, 2.05) is 7.05 Å². The molecule has 152 valence electrons. The summed E-state index contributed by atoms with van der Waals surface area (Å²) in [6.07, 6.45) is 0. The number of nitrogens with two attached hydrogens (primary N) is 1. The van der Waals surface area contributed by atoms with Crippen molar-refractivity contribution in [3.05, 3.63) is 59.4 Å². The molecule has 0 bridgehead atoms. The maximum Gasteiger partial charge on any atom is 0.275 e. The lowest BCUT2D eigenvalue weighted by Gasteiger charge is -2.18. The normalized spacial score (nSPS) is 13.6. The van der Waals surface area contributed by atoms with Gasteiger partial charge in [-0.3, -0.25) is 4.79 Å². The Morgan fingerprint density at radius 3 is 2.43 bits per heavy atom. The van der Waals surface area contributed by atoms with Crippen LogP contribution in [0.25, 0.3) is 0 Å². The molecule has 0 heterocycles. The molecule has 0 fully saturated rings. The van der Waals surface area contributed by atoms with Gasteiger partial charge in [-0.15, -0.1) is 0 Å². The van der Waals surface area contributed by atoms with Crippen LogP contribution in [0.4, 0.5) is 4.39 Å². The number of sulfonamides is 1. The number of halogens is 1. The Kier molecular flexibility index (Phi) is 7.11. The smallest absolute Gasteiger partial charge is 0.275 e. The second-order valence-electron chi connectivity index (χ2n) is 6.68. The van der Waals surface area contributed by atoms with E-state index in [2.05, 4.69) is 5.32 Å². The number of hydrogen-bond donors (Lipinski definition) is 3. The Hall–Kier alpha value is -2.49. The lowest BCUT2D eigenvalue weighted by molar-refractivity contribution is -0.885. The van der Waals surface area contributed by atoms with Crippen LogP contribution in [0, 0.1) is 5.82 Å². The molecule has 1 amide bonds. The first-order valence-corrected chi connectivity index (χ1v) is 10.2. The summed E-state index contributed by atoms with van der Waals surface area (Å²) >= 11 is 0. The van der Waals surface area contributed by atoms with Crippen LogP contribution in [0.3, 0.4) is 0 Å². The first-order valence-electron chi connectivity index (χ1n) is 8.66. The topological polar surface area (TPSA) is 103 Å². The van der Waals surface area contributed by atoms with E-state index in [1.165, 1.54) is 25.3 Å². The molecule has 0 saturated heterocycles. The molecule has 28 heavy (non-hydrogen) atoms. The Balaban J connectivity index is 1.91. The molecule has 4 N–H and O–H groups in total. The summed E-state index contributed by atoms with van der Waals surface area (Å²) in [4.78, 5) is 13.2. The van der Waals surface area contributed by atoms with Crippen molar-refractivity contribution in [2.24, 2.45) is 5.14 Å². The molecule has 0 aromatic heterocycles. The number of rotatable bonds is 8. The van der Waals surface area contributed by atoms with Crippen LogP contribution in [-0.2, 0) is 21.4 Å². The van der Waals surface area contributed by atoms with Gasteiger partial charge in [-0.1, -0.05) is 12.1 Å². The van der Waals surface area contributed by atoms with E-state index in [9.17, 15) is 17.6 Å². The van der Waals surface area contributed by atoms with Gasteiger partial charge in [-0.05, 0) is 42.8 Å². The zero-order chi connectivity index (χ0) is 20.9. The van der Waals surface area contributed by atoms with Gasteiger partial charge in [0.15, 0.2) is 18.1 Å². The summed E-state index contributed by atoms with van der Waals surface area (Å²) < 4.78 is 41.3. The van der Waals surface area contributed by atoms with Crippen molar-refractivity contribution in [3.8, 4) is 5.75 Å². The maximum atomic E-state index is 13.8. The predicted molar refractivity (Wildman–Crippen MR) is 103 cm³/mol. The first-order chi connectivity index (χ1) is 13.1. The molecule has 0 aliphatic heterocycles. The molecule has 0 spiro atoms. The number of nitrogens with one attached hydrogen (secondary N) is 2. The van der Waals surface area contributed by atoms with Crippen LogP contribution in [-0.4, -0.2) is 35.0 Å². The van der Waals surface area contributed by atoms with Crippen LogP contribution in [0.5, 0.6) is 5.75 Å². The highest BCUT2D eigenvalue weighted by molar-refractivity contribution is 7.89.